The summed E-state index contributed by atoms with van der Waals surface area (Å²) in [5.41, 5.74) is -0.0405. The highest BCUT2D eigenvalue weighted by molar-refractivity contribution is 7.90. The number of anilines is 1. The fourth-order valence-corrected chi connectivity index (χ4v) is 3.60. The minimum absolute atomic E-state index is 0.0900. The third kappa shape index (κ3) is 3.46. The standard InChI is InChI=1S/C13H14N6O7S/c1-19-10(9-6(17-19)5-26-11(9)20)27(22,23)18-13(21)16-12-14-7(24-2)4-8(15-12)25-3/h4H,5H2,1-3H3,(H2,14,15,16,18,21). The lowest BCUT2D eigenvalue weighted by atomic mass is 10.3. The monoisotopic (exact) mass is 398 g/mol. The number of hydrogen-bond acceptors (Lipinski definition) is 10. The first-order valence-electron chi connectivity index (χ1n) is 7.29. The van der Waals surface area contributed by atoms with Crippen LogP contribution in [0.4, 0.5) is 10.7 Å². The van der Waals surface area contributed by atoms with Crippen LogP contribution in [0.2, 0.25) is 0 Å². The molecule has 13 nitrogen and oxygen atoms in total. The van der Waals surface area contributed by atoms with Crippen molar-refractivity contribution in [1.29, 1.82) is 0 Å². The molecule has 1 aliphatic rings. The molecule has 0 aromatic carbocycles. The van der Waals surface area contributed by atoms with Crippen molar-refractivity contribution in [2.45, 2.75) is 11.6 Å². The number of ether oxygens (including phenoxy) is 3. The molecule has 0 bridgehead atoms. The second-order valence-electron chi connectivity index (χ2n) is 5.16. The Labute approximate surface area is 152 Å². The Morgan fingerprint density at radius 1 is 1.26 bits per heavy atom. The number of hydrogen-bond donors (Lipinski definition) is 2. The van der Waals surface area contributed by atoms with E-state index in [1.807, 2.05) is 0 Å². The normalized spacial score (nSPS) is 12.9. The van der Waals surface area contributed by atoms with Crippen molar-refractivity contribution < 1.29 is 32.2 Å². The maximum absolute atomic E-state index is 12.5. The van der Waals surface area contributed by atoms with E-state index in [-0.39, 0.29) is 35.6 Å². The van der Waals surface area contributed by atoms with E-state index < -0.39 is 27.0 Å². The van der Waals surface area contributed by atoms with Crippen molar-refractivity contribution in [3.05, 3.63) is 17.3 Å². The predicted molar refractivity (Wildman–Crippen MR) is 86.8 cm³/mol. The van der Waals surface area contributed by atoms with Crippen molar-refractivity contribution in [2.75, 3.05) is 19.5 Å². The number of nitrogens with zero attached hydrogens (tertiary/aromatic N) is 4. The van der Waals surface area contributed by atoms with Gasteiger partial charge in [0.25, 0.3) is 10.0 Å². The van der Waals surface area contributed by atoms with Gasteiger partial charge in [0.2, 0.25) is 17.7 Å². The zero-order chi connectivity index (χ0) is 19.8. The average Bonchev–Trinajstić information content (AvgIpc) is 3.12. The van der Waals surface area contributed by atoms with Crippen LogP contribution in [-0.2, 0) is 28.4 Å². The van der Waals surface area contributed by atoms with E-state index in [1.54, 1.807) is 4.72 Å². The molecule has 0 fully saturated rings. The lowest BCUT2D eigenvalue weighted by molar-refractivity contribution is 0.0524. The van der Waals surface area contributed by atoms with Crippen LogP contribution in [0.15, 0.2) is 11.1 Å². The van der Waals surface area contributed by atoms with E-state index in [4.69, 9.17) is 14.2 Å². The van der Waals surface area contributed by atoms with Crippen LogP contribution in [0, 0.1) is 0 Å². The molecule has 1 aliphatic heterocycles. The zero-order valence-corrected chi connectivity index (χ0v) is 15.2. The summed E-state index contributed by atoms with van der Waals surface area (Å²) in [4.78, 5) is 31.6. The Morgan fingerprint density at radius 2 is 1.89 bits per heavy atom. The number of urea groups is 1. The van der Waals surface area contributed by atoms with Gasteiger partial charge in [0.1, 0.15) is 17.9 Å². The number of sulfonamides is 1. The Bertz CT molecular complexity index is 1010. The summed E-state index contributed by atoms with van der Waals surface area (Å²) in [7, 11) is -0.419. The number of carbonyl (C=O) groups is 2. The van der Waals surface area contributed by atoms with E-state index in [0.29, 0.717) is 0 Å². The van der Waals surface area contributed by atoms with Gasteiger partial charge in [-0.05, 0) is 0 Å². The smallest absolute Gasteiger partial charge is 0.343 e. The summed E-state index contributed by atoms with van der Waals surface area (Å²) < 4.78 is 42.4. The SMILES string of the molecule is COc1cc(OC)nc(NC(=O)NS(=O)(=O)c2c3c(nn2C)COC3=O)n1. The number of cyclic esters (lactones) is 1. The van der Waals surface area contributed by atoms with Crippen LogP contribution in [0.5, 0.6) is 11.8 Å². The summed E-state index contributed by atoms with van der Waals surface area (Å²) in [5.74, 6) is -0.910. The molecular weight excluding hydrogens is 384 g/mol. The van der Waals surface area contributed by atoms with Gasteiger partial charge in [-0.2, -0.15) is 23.5 Å². The third-order valence-corrected chi connectivity index (χ3v) is 4.85. The lowest BCUT2D eigenvalue weighted by Gasteiger charge is -2.10. The van der Waals surface area contributed by atoms with Crippen LogP contribution < -0.4 is 19.5 Å². The van der Waals surface area contributed by atoms with Crippen molar-refractivity contribution >= 4 is 28.0 Å². The molecule has 27 heavy (non-hydrogen) atoms. The maximum Gasteiger partial charge on any atom is 0.343 e. The second-order valence-corrected chi connectivity index (χ2v) is 6.76. The van der Waals surface area contributed by atoms with E-state index >= 15 is 0 Å². The molecule has 0 saturated carbocycles. The molecule has 0 spiro atoms. The molecule has 0 aliphatic carbocycles. The van der Waals surface area contributed by atoms with Crippen LogP contribution in [0.25, 0.3) is 0 Å². The number of rotatable bonds is 5. The summed E-state index contributed by atoms with van der Waals surface area (Å²) in [6.45, 7) is -0.138. The number of aryl methyl sites for hydroxylation is 1. The molecule has 0 unspecified atom stereocenters. The Hall–Kier alpha value is -3.42. The van der Waals surface area contributed by atoms with Gasteiger partial charge in [0, 0.05) is 7.05 Å². The van der Waals surface area contributed by atoms with Gasteiger partial charge in [-0.15, -0.1) is 0 Å². The summed E-state index contributed by atoms with van der Waals surface area (Å²) in [6, 6.07) is 0.205. The minimum atomic E-state index is -4.44. The van der Waals surface area contributed by atoms with Crippen LogP contribution in [-0.4, -0.2) is 54.4 Å². The van der Waals surface area contributed by atoms with Crippen molar-refractivity contribution in [2.24, 2.45) is 7.05 Å². The first kappa shape index (κ1) is 18.4. The molecule has 2 aromatic heterocycles. The van der Waals surface area contributed by atoms with Gasteiger partial charge in [-0.3, -0.25) is 10.00 Å². The largest absolute Gasteiger partial charge is 0.481 e. The predicted octanol–water partition coefficient (Wildman–Crippen LogP) is -0.592. The van der Waals surface area contributed by atoms with Gasteiger partial charge in [-0.1, -0.05) is 0 Å². The number of amides is 2. The number of fused-ring (bicyclic) bond motifs is 1. The molecule has 2 amide bonds. The Kier molecular flexibility index (Phi) is 4.57. The fraction of sp³-hybridized carbons (Fsp3) is 0.308. The number of methoxy groups -OCH3 is 2. The molecule has 144 valence electrons. The fourth-order valence-electron chi connectivity index (χ4n) is 2.35. The van der Waals surface area contributed by atoms with Crippen LogP contribution >= 0.6 is 0 Å². The van der Waals surface area contributed by atoms with E-state index in [2.05, 4.69) is 20.4 Å². The Morgan fingerprint density at radius 3 is 2.48 bits per heavy atom. The van der Waals surface area contributed by atoms with Crippen LogP contribution in [0.1, 0.15) is 16.1 Å². The van der Waals surface area contributed by atoms with Gasteiger partial charge in [0.15, 0.2) is 5.03 Å². The second kappa shape index (κ2) is 6.71. The highest BCUT2D eigenvalue weighted by Gasteiger charge is 2.37. The molecule has 0 radical (unpaired) electrons. The van der Waals surface area contributed by atoms with Crippen LogP contribution in [0.3, 0.4) is 0 Å². The lowest BCUT2D eigenvalue weighted by Crippen LogP contribution is -2.36. The quantitative estimate of drug-likeness (QED) is 0.622. The van der Waals surface area contributed by atoms with E-state index in [1.165, 1.54) is 27.3 Å². The third-order valence-electron chi connectivity index (χ3n) is 3.42. The van der Waals surface area contributed by atoms with E-state index in [0.717, 1.165) is 4.68 Å². The molecule has 3 heterocycles. The topological polar surface area (TPSA) is 164 Å². The molecule has 0 atom stereocenters. The number of nitrogens with one attached hydrogen (secondary N) is 2. The first-order valence-corrected chi connectivity index (χ1v) is 8.77. The number of carbonyl (C=O) groups excluding carboxylic acids is 2. The molecule has 0 saturated heterocycles. The molecule has 2 aromatic rings. The van der Waals surface area contributed by atoms with Gasteiger partial charge >= 0.3 is 12.0 Å². The van der Waals surface area contributed by atoms with Crippen molar-refractivity contribution in [3.63, 3.8) is 0 Å². The highest BCUT2D eigenvalue weighted by atomic mass is 32.2. The first-order chi connectivity index (χ1) is 12.7. The highest BCUT2D eigenvalue weighted by Crippen LogP contribution is 2.26. The minimum Gasteiger partial charge on any atom is -0.481 e. The molecular formula is C13H14N6O7S. The average molecular weight is 398 g/mol. The van der Waals surface area contributed by atoms with Gasteiger partial charge in [-0.25, -0.2) is 14.3 Å². The maximum atomic E-state index is 12.5. The molecule has 3 rings (SSSR count). The molecule has 14 heteroatoms. The summed E-state index contributed by atoms with van der Waals surface area (Å²) in [5, 5.41) is 5.57. The van der Waals surface area contributed by atoms with E-state index in [9.17, 15) is 18.0 Å². The number of aromatic nitrogens is 4. The van der Waals surface area contributed by atoms with Crippen molar-refractivity contribution in [3.8, 4) is 11.8 Å². The summed E-state index contributed by atoms with van der Waals surface area (Å²) in [6.07, 6.45) is 0. The van der Waals surface area contributed by atoms with Gasteiger partial charge < -0.3 is 14.2 Å². The van der Waals surface area contributed by atoms with Gasteiger partial charge in [0.05, 0.1) is 20.3 Å². The van der Waals surface area contributed by atoms with Crippen molar-refractivity contribution in [1.82, 2.24) is 24.5 Å². The molecule has 2 N–H and O–H groups in total. The summed E-state index contributed by atoms with van der Waals surface area (Å²) >= 11 is 0. The zero-order valence-electron chi connectivity index (χ0n) is 14.3. The number of esters is 1. The Balaban J connectivity index is 1.84.